The predicted octanol–water partition coefficient (Wildman–Crippen LogP) is 1.65. The summed E-state index contributed by atoms with van der Waals surface area (Å²) in [6, 6.07) is 5.97. The lowest BCUT2D eigenvalue weighted by atomic mass is 10.1. The second-order valence-electron chi connectivity index (χ2n) is 4.87. The number of halogens is 1. The van der Waals surface area contributed by atoms with Crippen LogP contribution in [0.5, 0.6) is 0 Å². The molecule has 108 valence electrons. The maximum Gasteiger partial charge on any atom is 0.242 e. The van der Waals surface area contributed by atoms with Crippen LogP contribution >= 0.6 is 11.6 Å². The Kier molecular flexibility index (Phi) is 4.66. The van der Waals surface area contributed by atoms with Crippen molar-refractivity contribution in [1.82, 2.24) is 4.72 Å². The summed E-state index contributed by atoms with van der Waals surface area (Å²) in [4.78, 5) is -0.106. The second kappa shape index (κ2) is 6.10. The summed E-state index contributed by atoms with van der Waals surface area (Å²) in [7, 11) is -3.78. The topological polar surface area (TPSA) is 90.2 Å². The molecular weight excluding hydrogens is 300 g/mol. The van der Waals surface area contributed by atoms with Gasteiger partial charge in [0.05, 0.1) is 22.8 Å². The van der Waals surface area contributed by atoms with Gasteiger partial charge in [-0.15, -0.1) is 0 Å². The lowest BCUT2D eigenvalue weighted by Gasteiger charge is -2.15. The van der Waals surface area contributed by atoms with E-state index in [1.807, 2.05) is 6.07 Å². The molecule has 0 amide bonds. The van der Waals surface area contributed by atoms with Gasteiger partial charge in [-0.25, -0.2) is 13.1 Å². The van der Waals surface area contributed by atoms with E-state index in [0.717, 1.165) is 12.8 Å². The minimum absolute atomic E-state index is 0.0669. The Balaban J connectivity index is 2.16. The molecule has 5 nitrogen and oxygen atoms in total. The highest BCUT2D eigenvalue weighted by Gasteiger charge is 2.27. The van der Waals surface area contributed by atoms with Crippen LogP contribution < -0.4 is 4.72 Å². The van der Waals surface area contributed by atoms with Crippen LogP contribution in [0.1, 0.15) is 24.8 Å². The van der Waals surface area contributed by atoms with Gasteiger partial charge in [-0.3, -0.25) is 0 Å². The molecule has 20 heavy (non-hydrogen) atoms. The van der Waals surface area contributed by atoms with E-state index in [4.69, 9.17) is 16.9 Å². The minimum Gasteiger partial charge on any atom is -0.393 e. The highest BCUT2D eigenvalue weighted by atomic mass is 35.5. The number of rotatable bonds is 4. The molecule has 2 unspecified atom stereocenters. The van der Waals surface area contributed by atoms with Crippen molar-refractivity contribution in [3.05, 3.63) is 28.8 Å². The molecule has 0 spiro atoms. The monoisotopic (exact) mass is 314 g/mol. The molecule has 0 aliphatic heterocycles. The molecule has 0 heterocycles. The first kappa shape index (κ1) is 15.3. The Hall–Kier alpha value is -1.13. The number of aliphatic hydroxyl groups is 1. The van der Waals surface area contributed by atoms with Crippen molar-refractivity contribution in [2.24, 2.45) is 5.92 Å². The molecule has 7 heteroatoms. The number of sulfonamides is 1. The summed E-state index contributed by atoms with van der Waals surface area (Å²) in [6.45, 7) is 0.177. The Labute approximate surface area is 123 Å². The van der Waals surface area contributed by atoms with Crippen LogP contribution in [-0.2, 0) is 10.0 Å². The molecule has 0 radical (unpaired) electrons. The largest absolute Gasteiger partial charge is 0.393 e. The number of nitrogens with one attached hydrogen (secondary N) is 1. The number of nitrogens with zero attached hydrogens (tertiary/aromatic N) is 1. The fourth-order valence-electron chi connectivity index (χ4n) is 2.33. The van der Waals surface area contributed by atoms with Gasteiger partial charge in [-0.1, -0.05) is 18.0 Å². The molecule has 0 aromatic heterocycles. The van der Waals surface area contributed by atoms with E-state index < -0.39 is 16.1 Å². The lowest BCUT2D eigenvalue weighted by Crippen LogP contribution is -2.32. The highest BCUT2D eigenvalue weighted by Crippen LogP contribution is 2.26. The van der Waals surface area contributed by atoms with E-state index in [2.05, 4.69) is 4.72 Å². The molecule has 1 aromatic rings. The molecule has 1 fully saturated rings. The molecule has 0 bridgehead atoms. The fourth-order valence-corrected chi connectivity index (χ4v) is 3.95. The lowest BCUT2D eigenvalue weighted by molar-refractivity contribution is 0.134. The van der Waals surface area contributed by atoms with E-state index in [1.54, 1.807) is 0 Å². The summed E-state index contributed by atoms with van der Waals surface area (Å²) in [5, 5.41) is 18.6. The molecular formula is C13H15ClN2O3S. The average molecular weight is 315 g/mol. The summed E-state index contributed by atoms with van der Waals surface area (Å²) in [6.07, 6.45) is 1.95. The molecule has 1 saturated carbocycles. The normalized spacial score (nSPS) is 22.6. The van der Waals surface area contributed by atoms with E-state index in [-0.39, 0.29) is 27.9 Å². The van der Waals surface area contributed by atoms with E-state index >= 15 is 0 Å². The first-order chi connectivity index (χ1) is 9.44. The Morgan fingerprint density at radius 2 is 2.20 bits per heavy atom. The van der Waals surface area contributed by atoms with Crippen molar-refractivity contribution in [3.8, 4) is 6.07 Å². The van der Waals surface area contributed by atoms with Crippen LogP contribution in [0.15, 0.2) is 23.1 Å². The zero-order valence-electron chi connectivity index (χ0n) is 10.7. The van der Waals surface area contributed by atoms with Crippen LogP contribution in [0.2, 0.25) is 5.02 Å². The number of aliphatic hydroxyl groups excluding tert-OH is 1. The average Bonchev–Trinajstić information content (AvgIpc) is 2.82. The molecule has 2 N–H and O–H groups in total. The molecule has 0 saturated heterocycles. The maximum atomic E-state index is 12.2. The van der Waals surface area contributed by atoms with Gasteiger partial charge >= 0.3 is 0 Å². The van der Waals surface area contributed by atoms with Crippen molar-refractivity contribution in [2.75, 3.05) is 6.54 Å². The number of hydrogen-bond acceptors (Lipinski definition) is 4. The van der Waals surface area contributed by atoms with Gasteiger partial charge in [-0.2, -0.15) is 5.26 Å². The van der Waals surface area contributed by atoms with Crippen molar-refractivity contribution in [2.45, 2.75) is 30.3 Å². The van der Waals surface area contributed by atoms with Gasteiger partial charge in [0.15, 0.2) is 0 Å². The Bertz CT molecular complexity index is 640. The van der Waals surface area contributed by atoms with Gasteiger partial charge in [0, 0.05) is 6.54 Å². The van der Waals surface area contributed by atoms with Crippen LogP contribution in [-0.4, -0.2) is 26.2 Å². The van der Waals surface area contributed by atoms with Gasteiger partial charge in [0.25, 0.3) is 0 Å². The third kappa shape index (κ3) is 3.30. The standard InChI is InChI=1S/C13H15ClN2O3S/c14-11-5-4-9(7-15)6-13(11)20(18,19)16-8-10-2-1-3-12(10)17/h4-6,10,12,16-17H,1-3,8H2. The molecule has 1 aliphatic carbocycles. The van der Waals surface area contributed by atoms with Gasteiger partial charge < -0.3 is 5.11 Å². The quantitative estimate of drug-likeness (QED) is 0.884. The number of nitriles is 1. The zero-order valence-corrected chi connectivity index (χ0v) is 12.3. The number of benzene rings is 1. The van der Waals surface area contributed by atoms with Crippen LogP contribution in [0.3, 0.4) is 0 Å². The number of hydrogen-bond donors (Lipinski definition) is 2. The first-order valence-electron chi connectivity index (χ1n) is 6.31. The summed E-state index contributed by atoms with van der Waals surface area (Å²) < 4.78 is 26.9. The van der Waals surface area contributed by atoms with Gasteiger partial charge in [0.1, 0.15) is 4.90 Å². The van der Waals surface area contributed by atoms with Crippen molar-refractivity contribution in [1.29, 1.82) is 5.26 Å². The SMILES string of the molecule is N#Cc1ccc(Cl)c(S(=O)(=O)NCC2CCCC2O)c1. The zero-order chi connectivity index (χ0) is 14.8. The summed E-state index contributed by atoms with van der Waals surface area (Å²) >= 11 is 5.88. The fraction of sp³-hybridized carbons (Fsp3) is 0.462. The van der Waals surface area contributed by atoms with E-state index in [0.29, 0.717) is 6.42 Å². The van der Waals surface area contributed by atoms with E-state index in [1.165, 1.54) is 18.2 Å². The smallest absolute Gasteiger partial charge is 0.242 e. The van der Waals surface area contributed by atoms with Crippen molar-refractivity contribution < 1.29 is 13.5 Å². The van der Waals surface area contributed by atoms with Crippen molar-refractivity contribution in [3.63, 3.8) is 0 Å². The van der Waals surface area contributed by atoms with Crippen LogP contribution in [0.25, 0.3) is 0 Å². The molecule has 2 rings (SSSR count). The minimum atomic E-state index is -3.78. The van der Waals surface area contributed by atoms with Gasteiger partial charge in [0.2, 0.25) is 10.0 Å². The maximum absolute atomic E-state index is 12.2. The predicted molar refractivity (Wildman–Crippen MR) is 74.7 cm³/mol. The van der Waals surface area contributed by atoms with Crippen LogP contribution in [0, 0.1) is 17.2 Å². The summed E-state index contributed by atoms with van der Waals surface area (Å²) in [5.74, 6) is -0.0669. The molecule has 1 aromatic carbocycles. The Morgan fingerprint density at radius 3 is 2.80 bits per heavy atom. The third-order valence-corrected chi connectivity index (χ3v) is 5.41. The Morgan fingerprint density at radius 1 is 1.45 bits per heavy atom. The third-order valence-electron chi connectivity index (χ3n) is 3.50. The van der Waals surface area contributed by atoms with Crippen molar-refractivity contribution >= 4 is 21.6 Å². The molecule has 1 aliphatic rings. The van der Waals surface area contributed by atoms with Gasteiger partial charge in [-0.05, 0) is 37.0 Å². The summed E-state index contributed by atoms with van der Waals surface area (Å²) in [5.41, 5.74) is 0.232. The van der Waals surface area contributed by atoms with Crippen LogP contribution in [0.4, 0.5) is 0 Å². The highest BCUT2D eigenvalue weighted by molar-refractivity contribution is 7.89. The first-order valence-corrected chi connectivity index (χ1v) is 8.17. The van der Waals surface area contributed by atoms with E-state index in [9.17, 15) is 13.5 Å². The second-order valence-corrected chi connectivity index (χ2v) is 7.01. The molecule has 2 atom stereocenters.